The molecule has 0 unspecified atom stereocenters. The Morgan fingerprint density at radius 3 is 2.00 bits per heavy atom. The lowest BCUT2D eigenvalue weighted by atomic mass is 9.96. The van der Waals surface area contributed by atoms with Gasteiger partial charge in [0, 0.05) is 39.5 Å². The maximum absolute atomic E-state index is 11.8. The summed E-state index contributed by atoms with van der Waals surface area (Å²) in [6, 6.07) is 0. The Kier molecular flexibility index (Phi) is 7.24. The van der Waals surface area contributed by atoms with Crippen molar-refractivity contribution in [3.8, 4) is 0 Å². The number of hydrogen-bond donors (Lipinski definition) is 1. The summed E-state index contributed by atoms with van der Waals surface area (Å²) in [6.07, 6.45) is 0.892. The minimum absolute atomic E-state index is 0.0268. The second kappa shape index (κ2) is 7.87. The average molecular weight is 285 g/mol. The fourth-order valence-corrected chi connectivity index (χ4v) is 1.33. The zero-order valence-corrected chi connectivity index (χ0v) is 13.4. The standard InChI is InChI=1S/C14H27N3O3/c1-14(2,3)13(20)15-9-7-8-11(18)17(6)10-12(19)16(4)5/h7-10H2,1-6H3,(H,15,20). The van der Waals surface area contributed by atoms with Gasteiger partial charge in [-0.1, -0.05) is 20.8 Å². The van der Waals surface area contributed by atoms with E-state index in [1.54, 1.807) is 21.1 Å². The van der Waals surface area contributed by atoms with Crippen LogP contribution < -0.4 is 5.32 Å². The Morgan fingerprint density at radius 1 is 1.00 bits per heavy atom. The molecule has 6 nitrogen and oxygen atoms in total. The molecule has 0 bridgehead atoms. The fourth-order valence-electron chi connectivity index (χ4n) is 1.33. The van der Waals surface area contributed by atoms with Crippen LogP contribution in [0.3, 0.4) is 0 Å². The van der Waals surface area contributed by atoms with E-state index in [0.717, 1.165) is 0 Å². The lowest BCUT2D eigenvalue weighted by Crippen LogP contribution is -2.38. The maximum Gasteiger partial charge on any atom is 0.241 e. The van der Waals surface area contributed by atoms with Crippen molar-refractivity contribution in [2.24, 2.45) is 5.41 Å². The van der Waals surface area contributed by atoms with Gasteiger partial charge in [-0.15, -0.1) is 0 Å². The van der Waals surface area contributed by atoms with Gasteiger partial charge in [0.05, 0.1) is 6.54 Å². The molecule has 0 radical (unpaired) electrons. The Hall–Kier alpha value is -1.59. The monoisotopic (exact) mass is 285 g/mol. The van der Waals surface area contributed by atoms with E-state index in [1.165, 1.54) is 9.80 Å². The summed E-state index contributed by atoms with van der Waals surface area (Å²) in [7, 11) is 4.92. The Bertz CT molecular complexity index is 359. The highest BCUT2D eigenvalue weighted by atomic mass is 16.2. The van der Waals surface area contributed by atoms with Gasteiger partial charge in [-0.05, 0) is 6.42 Å². The average Bonchev–Trinajstić information content (AvgIpc) is 2.32. The van der Waals surface area contributed by atoms with Crippen LogP contribution in [0.1, 0.15) is 33.6 Å². The molecular weight excluding hydrogens is 258 g/mol. The smallest absolute Gasteiger partial charge is 0.241 e. The molecule has 0 atom stereocenters. The van der Waals surface area contributed by atoms with Crippen LogP contribution in [0.25, 0.3) is 0 Å². The molecule has 3 amide bonds. The zero-order chi connectivity index (χ0) is 15.9. The van der Waals surface area contributed by atoms with E-state index in [4.69, 9.17) is 0 Å². The van der Waals surface area contributed by atoms with E-state index in [1.807, 2.05) is 20.8 Å². The van der Waals surface area contributed by atoms with Crippen LogP contribution in [-0.4, -0.2) is 61.8 Å². The third-order valence-corrected chi connectivity index (χ3v) is 2.83. The molecule has 20 heavy (non-hydrogen) atoms. The number of carbonyl (C=O) groups is 3. The summed E-state index contributed by atoms with van der Waals surface area (Å²) < 4.78 is 0. The highest BCUT2D eigenvalue weighted by molar-refractivity contribution is 5.84. The highest BCUT2D eigenvalue weighted by Crippen LogP contribution is 2.12. The Balaban J connectivity index is 3.94. The van der Waals surface area contributed by atoms with Crippen molar-refractivity contribution in [1.29, 1.82) is 0 Å². The van der Waals surface area contributed by atoms with Crippen molar-refractivity contribution in [3.63, 3.8) is 0 Å². The first-order chi connectivity index (χ1) is 9.05. The van der Waals surface area contributed by atoms with Crippen LogP contribution in [0.4, 0.5) is 0 Å². The molecule has 0 fully saturated rings. The Morgan fingerprint density at radius 2 is 1.55 bits per heavy atom. The number of rotatable bonds is 6. The van der Waals surface area contributed by atoms with Gasteiger partial charge in [0.15, 0.2) is 0 Å². The Labute approximate surface area is 121 Å². The van der Waals surface area contributed by atoms with Crippen LogP contribution >= 0.6 is 0 Å². The molecule has 0 aliphatic rings. The van der Waals surface area contributed by atoms with Crippen LogP contribution in [0, 0.1) is 5.41 Å². The second-order valence-corrected chi connectivity index (χ2v) is 6.15. The first kappa shape index (κ1) is 18.4. The molecule has 116 valence electrons. The SMILES string of the molecule is CN(C)C(=O)CN(C)C(=O)CCCNC(=O)C(C)(C)C. The van der Waals surface area contributed by atoms with Gasteiger partial charge in [-0.25, -0.2) is 0 Å². The van der Waals surface area contributed by atoms with Crippen LogP contribution in [0.15, 0.2) is 0 Å². The lowest BCUT2D eigenvalue weighted by Gasteiger charge is -2.20. The lowest BCUT2D eigenvalue weighted by molar-refractivity contribution is -0.138. The van der Waals surface area contributed by atoms with Gasteiger partial charge in [0.1, 0.15) is 0 Å². The number of nitrogens with zero attached hydrogens (tertiary/aromatic N) is 2. The van der Waals surface area contributed by atoms with Crippen molar-refractivity contribution >= 4 is 17.7 Å². The van der Waals surface area contributed by atoms with Gasteiger partial charge in [-0.3, -0.25) is 14.4 Å². The molecule has 0 saturated heterocycles. The predicted molar refractivity (Wildman–Crippen MR) is 78.0 cm³/mol. The van der Waals surface area contributed by atoms with Gasteiger partial charge in [0.25, 0.3) is 0 Å². The summed E-state index contributed by atoms with van der Waals surface area (Å²) in [4.78, 5) is 37.7. The van der Waals surface area contributed by atoms with Gasteiger partial charge in [-0.2, -0.15) is 0 Å². The van der Waals surface area contributed by atoms with E-state index in [2.05, 4.69) is 5.32 Å². The second-order valence-electron chi connectivity index (χ2n) is 6.15. The molecule has 0 rings (SSSR count). The normalized spacial score (nSPS) is 10.9. The molecular formula is C14H27N3O3. The molecule has 0 saturated carbocycles. The summed E-state index contributed by atoms with van der Waals surface area (Å²) >= 11 is 0. The van der Waals surface area contributed by atoms with Gasteiger partial charge < -0.3 is 15.1 Å². The summed E-state index contributed by atoms with van der Waals surface area (Å²) in [5.41, 5.74) is -0.418. The van der Waals surface area contributed by atoms with Crippen molar-refractivity contribution in [2.75, 3.05) is 34.2 Å². The van der Waals surface area contributed by atoms with Gasteiger partial charge >= 0.3 is 0 Å². The maximum atomic E-state index is 11.8. The minimum atomic E-state index is -0.418. The van der Waals surface area contributed by atoms with E-state index in [0.29, 0.717) is 19.4 Å². The number of hydrogen-bond acceptors (Lipinski definition) is 3. The third kappa shape index (κ3) is 7.11. The molecule has 1 N–H and O–H groups in total. The van der Waals surface area contributed by atoms with Gasteiger partial charge in [0.2, 0.25) is 17.7 Å². The summed E-state index contributed by atoms with van der Waals surface area (Å²) in [5.74, 6) is -0.229. The highest BCUT2D eigenvalue weighted by Gasteiger charge is 2.20. The number of amides is 3. The third-order valence-electron chi connectivity index (χ3n) is 2.83. The molecule has 0 spiro atoms. The fraction of sp³-hybridized carbons (Fsp3) is 0.786. The molecule has 6 heteroatoms. The van der Waals surface area contributed by atoms with E-state index in [9.17, 15) is 14.4 Å². The topological polar surface area (TPSA) is 69.7 Å². The van der Waals surface area contributed by atoms with Crippen molar-refractivity contribution in [2.45, 2.75) is 33.6 Å². The molecule has 0 aromatic rings. The number of nitrogens with one attached hydrogen (secondary N) is 1. The van der Waals surface area contributed by atoms with E-state index < -0.39 is 5.41 Å². The molecule has 0 aliphatic heterocycles. The largest absolute Gasteiger partial charge is 0.356 e. The van der Waals surface area contributed by atoms with Crippen molar-refractivity contribution < 1.29 is 14.4 Å². The molecule has 0 aromatic carbocycles. The van der Waals surface area contributed by atoms with Crippen LogP contribution in [0.5, 0.6) is 0 Å². The number of likely N-dealkylation sites (N-methyl/N-ethyl adjacent to an activating group) is 2. The number of carbonyl (C=O) groups excluding carboxylic acids is 3. The van der Waals surface area contributed by atoms with Crippen molar-refractivity contribution in [1.82, 2.24) is 15.1 Å². The molecule has 0 aliphatic carbocycles. The van der Waals surface area contributed by atoms with Crippen molar-refractivity contribution in [3.05, 3.63) is 0 Å². The quantitative estimate of drug-likeness (QED) is 0.722. The summed E-state index contributed by atoms with van der Waals surface area (Å²) in [6.45, 7) is 6.08. The predicted octanol–water partition coefficient (Wildman–Crippen LogP) is 0.476. The van der Waals surface area contributed by atoms with Crippen LogP contribution in [0.2, 0.25) is 0 Å². The van der Waals surface area contributed by atoms with Crippen LogP contribution in [-0.2, 0) is 14.4 Å². The first-order valence-corrected chi connectivity index (χ1v) is 6.78. The zero-order valence-electron chi connectivity index (χ0n) is 13.4. The molecule has 0 aromatic heterocycles. The minimum Gasteiger partial charge on any atom is -0.356 e. The first-order valence-electron chi connectivity index (χ1n) is 6.78. The molecule has 0 heterocycles. The summed E-state index contributed by atoms with van der Waals surface area (Å²) in [5, 5.41) is 2.79. The van der Waals surface area contributed by atoms with E-state index in [-0.39, 0.29) is 24.3 Å². The van der Waals surface area contributed by atoms with E-state index >= 15 is 0 Å².